The van der Waals surface area contributed by atoms with Gasteiger partial charge in [-0.25, -0.2) is 4.39 Å². The Balaban J connectivity index is 1.85. The van der Waals surface area contributed by atoms with Crippen molar-refractivity contribution in [2.75, 3.05) is 25.0 Å². The quantitative estimate of drug-likeness (QED) is 0.837. The molecule has 1 heterocycles. The minimum absolute atomic E-state index is 0.357. The third-order valence-corrected chi connectivity index (χ3v) is 3.07. The first-order chi connectivity index (χ1) is 8.28. The van der Waals surface area contributed by atoms with Crippen LogP contribution in [0.3, 0.4) is 0 Å². The zero-order valence-electron chi connectivity index (χ0n) is 9.67. The monoisotopic (exact) mass is 233 g/mol. The van der Waals surface area contributed by atoms with Crippen molar-refractivity contribution in [3.05, 3.63) is 29.6 Å². The second kappa shape index (κ2) is 5.65. The lowest BCUT2D eigenvalue weighted by atomic mass is 10.1. The van der Waals surface area contributed by atoms with Gasteiger partial charge < -0.3 is 10.6 Å². The lowest BCUT2D eigenvalue weighted by Gasteiger charge is -2.10. The van der Waals surface area contributed by atoms with E-state index >= 15 is 0 Å². The fourth-order valence-corrected chi connectivity index (χ4v) is 2.14. The molecule has 1 aromatic carbocycles. The van der Waals surface area contributed by atoms with E-state index in [4.69, 9.17) is 5.26 Å². The third kappa shape index (κ3) is 3.43. The molecule has 0 radical (unpaired) electrons. The van der Waals surface area contributed by atoms with Gasteiger partial charge in [0.05, 0.1) is 11.6 Å². The van der Waals surface area contributed by atoms with E-state index < -0.39 is 0 Å². The molecule has 1 aliphatic heterocycles. The van der Waals surface area contributed by atoms with Gasteiger partial charge in [0.15, 0.2) is 0 Å². The van der Waals surface area contributed by atoms with E-state index in [2.05, 4.69) is 10.6 Å². The number of hydrogen-bond acceptors (Lipinski definition) is 3. The third-order valence-electron chi connectivity index (χ3n) is 3.07. The molecule has 1 saturated heterocycles. The molecule has 3 nitrogen and oxygen atoms in total. The number of rotatable bonds is 4. The van der Waals surface area contributed by atoms with Gasteiger partial charge in [0.25, 0.3) is 0 Å². The Labute approximate surface area is 101 Å². The number of nitrogens with zero attached hydrogens (tertiary/aromatic N) is 1. The van der Waals surface area contributed by atoms with Crippen LogP contribution in [0.4, 0.5) is 10.1 Å². The molecule has 2 rings (SSSR count). The molecule has 1 unspecified atom stereocenters. The molecule has 0 saturated carbocycles. The summed E-state index contributed by atoms with van der Waals surface area (Å²) in [6, 6.07) is 6.29. The topological polar surface area (TPSA) is 47.9 Å². The van der Waals surface area contributed by atoms with Gasteiger partial charge >= 0.3 is 0 Å². The van der Waals surface area contributed by atoms with Crippen LogP contribution in [-0.2, 0) is 0 Å². The maximum Gasteiger partial charge on any atom is 0.126 e. The first kappa shape index (κ1) is 11.9. The second-order valence-corrected chi connectivity index (χ2v) is 4.41. The first-order valence-corrected chi connectivity index (χ1v) is 5.93. The molecule has 0 spiro atoms. The minimum Gasteiger partial charge on any atom is -0.385 e. The highest BCUT2D eigenvalue weighted by Crippen LogP contribution is 2.15. The molecular weight excluding hydrogens is 217 g/mol. The fourth-order valence-electron chi connectivity index (χ4n) is 2.14. The molecule has 0 amide bonds. The van der Waals surface area contributed by atoms with E-state index in [0.29, 0.717) is 17.2 Å². The van der Waals surface area contributed by atoms with Crippen LogP contribution in [0.2, 0.25) is 0 Å². The molecule has 1 aromatic rings. The van der Waals surface area contributed by atoms with Gasteiger partial charge in [-0.1, -0.05) is 0 Å². The van der Waals surface area contributed by atoms with E-state index in [1.807, 2.05) is 6.07 Å². The Kier molecular flexibility index (Phi) is 3.94. The van der Waals surface area contributed by atoms with E-state index in [9.17, 15) is 4.39 Å². The van der Waals surface area contributed by atoms with Crippen molar-refractivity contribution in [1.29, 1.82) is 5.26 Å². The summed E-state index contributed by atoms with van der Waals surface area (Å²) in [7, 11) is 0. The fraction of sp³-hybridized carbons (Fsp3) is 0.462. The normalized spacial score (nSPS) is 18.9. The molecule has 4 heteroatoms. The van der Waals surface area contributed by atoms with Gasteiger partial charge in [-0.2, -0.15) is 5.26 Å². The number of nitrogens with one attached hydrogen (secondary N) is 2. The molecule has 90 valence electrons. The van der Waals surface area contributed by atoms with Crippen LogP contribution in [0.5, 0.6) is 0 Å². The Morgan fingerprint density at radius 1 is 1.47 bits per heavy atom. The Morgan fingerprint density at radius 3 is 3.06 bits per heavy atom. The lowest BCUT2D eigenvalue weighted by molar-refractivity contribution is 0.549. The molecular formula is C13H16FN3. The van der Waals surface area contributed by atoms with Gasteiger partial charge in [-0.3, -0.25) is 0 Å². The summed E-state index contributed by atoms with van der Waals surface area (Å²) >= 11 is 0. The van der Waals surface area contributed by atoms with Crippen LogP contribution in [-0.4, -0.2) is 19.6 Å². The van der Waals surface area contributed by atoms with Crippen LogP contribution >= 0.6 is 0 Å². The van der Waals surface area contributed by atoms with E-state index in [0.717, 1.165) is 26.1 Å². The number of anilines is 1. The summed E-state index contributed by atoms with van der Waals surface area (Å²) in [6.07, 6.45) is 2.29. The number of halogens is 1. The summed E-state index contributed by atoms with van der Waals surface area (Å²) in [5.74, 6) is 0.348. The van der Waals surface area contributed by atoms with Crippen molar-refractivity contribution in [1.82, 2.24) is 5.32 Å². The van der Waals surface area contributed by atoms with Gasteiger partial charge in [0.2, 0.25) is 0 Å². The summed E-state index contributed by atoms with van der Waals surface area (Å²) in [5, 5.41) is 15.2. The molecule has 1 atom stereocenters. The highest BCUT2D eigenvalue weighted by atomic mass is 19.1. The molecule has 1 aliphatic rings. The van der Waals surface area contributed by atoms with E-state index in [1.54, 1.807) is 6.07 Å². The largest absolute Gasteiger partial charge is 0.385 e. The smallest absolute Gasteiger partial charge is 0.126 e. The van der Waals surface area contributed by atoms with Crippen molar-refractivity contribution in [2.24, 2.45) is 5.92 Å². The van der Waals surface area contributed by atoms with Crippen molar-refractivity contribution >= 4 is 5.69 Å². The van der Waals surface area contributed by atoms with Gasteiger partial charge in [0, 0.05) is 12.2 Å². The minimum atomic E-state index is -0.367. The average molecular weight is 233 g/mol. The van der Waals surface area contributed by atoms with Crippen LogP contribution in [0.1, 0.15) is 18.4 Å². The standard InChI is InChI=1S/C13H16FN3/c14-12-5-11(8-15)6-13(7-12)17-4-2-10-1-3-16-9-10/h5-7,10,16-17H,1-4,9H2. The number of benzene rings is 1. The maximum atomic E-state index is 13.1. The zero-order chi connectivity index (χ0) is 12.1. The average Bonchev–Trinajstić information content (AvgIpc) is 2.81. The van der Waals surface area contributed by atoms with Crippen LogP contribution in [0.25, 0.3) is 0 Å². The highest BCUT2D eigenvalue weighted by Gasteiger charge is 2.13. The Hall–Kier alpha value is -1.60. The van der Waals surface area contributed by atoms with Crippen molar-refractivity contribution < 1.29 is 4.39 Å². The summed E-state index contributed by atoms with van der Waals surface area (Å²) < 4.78 is 13.1. The number of nitriles is 1. The van der Waals surface area contributed by atoms with E-state index in [-0.39, 0.29) is 5.82 Å². The van der Waals surface area contributed by atoms with Crippen molar-refractivity contribution in [3.63, 3.8) is 0 Å². The van der Waals surface area contributed by atoms with Gasteiger partial charge in [-0.15, -0.1) is 0 Å². The lowest BCUT2D eigenvalue weighted by Crippen LogP contribution is -2.12. The SMILES string of the molecule is N#Cc1cc(F)cc(NCCC2CCNC2)c1. The molecule has 2 N–H and O–H groups in total. The number of hydrogen-bond donors (Lipinski definition) is 2. The van der Waals surface area contributed by atoms with Crippen LogP contribution in [0.15, 0.2) is 18.2 Å². The predicted octanol–water partition coefficient (Wildman–Crippen LogP) is 2.11. The predicted molar refractivity (Wildman–Crippen MR) is 65.2 cm³/mol. The van der Waals surface area contributed by atoms with Gasteiger partial charge in [0.1, 0.15) is 5.82 Å². The molecule has 0 aliphatic carbocycles. The zero-order valence-corrected chi connectivity index (χ0v) is 9.67. The summed E-state index contributed by atoms with van der Waals surface area (Å²) in [6.45, 7) is 3.00. The van der Waals surface area contributed by atoms with Crippen molar-refractivity contribution in [2.45, 2.75) is 12.8 Å². The molecule has 0 aromatic heterocycles. The molecule has 0 bridgehead atoms. The Bertz CT molecular complexity index is 419. The first-order valence-electron chi connectivity index (χ1n) is 5.93. The highest BCUT2D eigenvalue weighted by molar-refractivity contribution is 5.49. The van der Waals surface area contributed by atoms with Crippen LogP contribution < -0.4 is 10.6 Å². The van der Waals surface area contributed by atoms with Gasteiger partial charge in [-0.05, 0) is 50.0 Å². The molecule has 17 heavy (non-hydrogen) atoms. The summed E-state index contributed by atoms with van der Waals surface area (Å²) in [5.41, 5.74) is 1.04. The van der Waals surface area contributed by atoms with E-state index in [1.165, 1.54) is 18.6 Å². The maximum absolute atomic E-state index is 13.1. The molecule has 1 fully saturated rings. The van der Waals surface area contributed by atoms with Crippen molar-refractivity contribution in [3.8, 4) is 6.07 Å². The summed E-state index contributed by atoms with van der Waals surface area (Å²) in [4.78, 5) is 0. The van der Waals surface area contributed by atoms with Crippen LogP contribution in [0, 0.1) is 23.1 Å². The Morgan fingerprint density at radius 2 is 2.35 bits per heavy atom. The second-order valence-electron chi connectivity index (χ2n) is 4.41.